The van der Waals surface area contributed by atoms with Crippen LogP contribution in [-0.2, 0) is 4.79 Å². The Hall–Kier alpha value is -1.81. The predicted octanol–water partition coefficient (Wildman–Crippen LogP) is 2.05. The molecule has 1 amide bonds. The summed E-state index contributed by atoms with van der Waals surface area (Å²) in [5.74, 6) is -0.0339. The first kappa shape index (κ1) is 14.6. The molecule has 0 spiro atoms. The lowest BCUT2D eigenvalue weighted by Gasteiger charge is -2.27. The van der Waals surface area contributed by atoms with Gasteiger partial charge in [-0.3, -0.25) is 4.79 Å². The average molecular weight is 274 g/mol. The number of amides is 1. The number of carbonyl (C=O) groups excluding carboxylic acids is 1. The molecule has 1 aromatic carbocycles. The van der Waals surface area contributed by atoms with Gasteiger partial charge < -0.3 is 15.7 Å². The molecule has 0 radical (unpaired) electrons. The Kier molecular flexibility index (Phi) is 5.18. The molecule has 0 bridgehead atoms. The van der Waals surface area contributed by atoms with E-state index in [1.165, 1.54) is 0 Å². The molecule has 0 aliphatic carbocycles. The van der Waals surface area contributed by atoms with E-state index in [1.54, 1.807) is 17.1 Å². The number of aliphatic hydroxyl groups excluding tert-OH is 1. The van der Waals surface area contributed by atoms with Crippen LogP contribution in [0.3, 0.4) is 0 Å². The zero-order valence-corrected chi connectivity index (χ0v) is 11.7. The molecule has 1 fully saturated rings. The fraction of sp³-hybridized carbons (Fsp3) is 0.438. The van der Waals surface area contributed by atoms with Crippen LogP contribution in [0.2, 0.25) is 0 Å². The zero-order valence-electron chi connectivity index (χ0n) is 11.7. The molecule has 1 saturated heterocycles. The number of rotatable bonds is 3. The second-order valence-corrected chi connectivity index (χ2v) is 5.22. The van der Waals surface area contributed by atoms with Crippen molar-refractivity contribution in [2.45, 2.75) is 31.7 Å². The fourth-order valence-electron chi connectivity index (χ4n) is 2.58. The molecule has 1 aliphatic heterocycles. The Balaban J connectivity index is 2.05. The molecule has 1 aliphatic rings. The summed E-state index contributed by atoms with van der Waals surface area (Å²) >= 11 is 0. The van der Waals surface area contributed by atoms with Crippen molar-refractivity contribution in [1.29, 1.82) is 0 Å². The molecule has 4 nitrogen and oxygen atoms in total. The van der Waals surface area contributed by atoms with Crippen LogP contribution >= 0.6 is 0 Å². The van der Waals surface area contributed by atoms with Crippen LogP contribution in [0.25, 0.3) is 6.08 Å². The SMILES string of the molecule is Nc1cccc(/C=C/C(=O)N2CCCCCC2CO)c1. The number of anilines is 1. The van der Waals surface area contributed by atoms with Gasteiger partial charge in [0.15, 0.2) is 0 Å². The van der Waals surface area contributed by atoms with E-state index >= 15 is 0 Å². The highest BCUT2D eigenvalue weighted by molar-refractivity contribution is 5.92. The number of likely N-dealkylation sites (tertiary alicyclic amines) is 1. The molecule has 2 rings (SSSR count). The number of hydrogen-bond donors (Lipinski definition) is 2. The number of benzene rings is 1. The Labute approximate surface area is 119 Å². The molecule has 1 aromatic rings. The van der Waals surface area contributed by atoms with E-state index in [2.05, 4.69) is 0 Å². The second-order valence-electron chi connectivity index (χ2n) is 5.22. The maximum absolute atomic E-state index is 12.3. The topological polar surface area (TPSA) is 66.6 Å². The molecule has 3 N–H and O–H groups in total. The maximum atomic E-state index is 12.3. The summed E-state index contributed by atoms with van der Waals surface area (Å²) in [5, 5.41) is 9.42. The zero-order chi connectivity index (χ0) is 14.4. The molecule has 0 aromatic heterocycles. The number of carbonyl (C=O) groups is 1. The van der Waals surface area contributed by atoms with Crippen molar-refractivity contribution in [2.75, 3.05) is 18.9 Å². The summed E-state index contributed by atoms with van der Waals surface area (Å²) < 4.78 is 0. The van der Waals surface area contributed by atoms with E-state index in [0.29, 0.717) is 5.69 Å². The van der Waals surface area contributed by atoms with Crippen molar-refractivity contribution >= 4 is 17.7 Å². The van der Waals surface area contributed by atoms with Gasteiger partial charge in [-0.1, -0.05) is 25.0 Å². The van der Waals surface area contributed by atoms with Gasteiger partial charge in [0, 0.05) is 18.3 Å². The summed E-state index contributed by atoms with van der Waals surface area (Å²) in [4.78, 5) is 14.1. The van der Waals surface area contributed by atoms with Gasteiger partial charge in [-0.15, -0.1) is 0 Å². The van der Waals surface area contributed by atoms with Gasteiger partial charge in [-0.05, 0) is 36.6 Å². The highest BCUT2D eigenvalue weighted by atomic mass is 16.3. The Morgan fingerprint density at radius 3 is 3.00 bits per heavy atom. The maximum Gasteiger partial charge on any atom is 0.246 e. The molecular formula is C16H22N2O2. The third-order valence-corrected chi connectivity index (χ3v) is 3.70. The number of aliphatic hydroxyl groups is 1. The van der Waals surface area contributed by atoms with Crippen LogP contribution in [0.5, 0.6) is 0 Å². The first-order valence-corrected chi connectivity index (χ1v) is 7.16. The van der Waals surface area contributed by atoms with Gasteiger partial charge in [-0.25, -0.2) is 0 Å². The minimum Gasteiger partial charge on any atom is -0.399 e. The molecule has 0 saturated carbocycles. The lowest BCUT2D eigenvalue weighted by molar-refractivity contribution is -0.129. The third kappa shape index (κ3) is 3.84. The van der Waals surface area contributed by atoms with E-state index in [0.717, 1.165) is 37.8 Å². The standard InChI is InChI=1S/C16H22N2O2/c17-14-6-4-5-13(11-14)8-9-16(20)18-10-3-1-2-7-15(18)12-19/h4-6,8-9,11,15,19H,1-3,7,10,12,17H2/b9-8+. The lowest BCUT2D eigenvalue weighted by atomic mass is 10.1. The molecule has 1 unspecified atom stereocenters. The molecular weight excluding hydrogens is 252 g/mol. The van der Waals surface area contributed by atoms with Gasteiger partial charge in [0.25, 0.3) is 0 Å². The van der Waals surface area contributed by atoms with Crippen molar-refractivity contribution in [3.8, 4) is 0 Å². The molecule has 1 atom stereocenters. The van der Waals surface area contributed by atoms with Gasteiger partial charge >= 0.3 is 0 Å². The number of nitrogens with zero attached hydrogens (tertiary/aromatic N) is 1. The summed E-state index contributed by atoms with van der Waals surface area (Å²) in [6, 6.07) is 7.37. The first-order chi connectivity index (χ1) is 9.70. The van der Waals surface area contributed by atoms with Crippen LogP contribution < -0.4 is 5.73 Å². The first-order valence-electron chi connectivity index (χ1n) is 7.16. The summed E-state index contributed by atoms with van der Waals surface area (Å²) in [6.45, 7) is 0.767. The van der Waals surface area contributed by atoms with Crippen molar-refractivity contribution < 1.29 is 9.90 Å². The molecule has 1 heterocycles. The lowest BCUT2D eigenvalue weighted by Crippen LogP contribution is -2.41. The highest BCUT2D eigenvalue weighted by Crippen LogP contribution is 2.17. The highest BCUT2D eigenvalue weighted by Gasteiger charge is 2.22. The van der Waals surface area contributed by atoms with Gasteiger partial charge in [0.1, 0.15) is 0 Å². The quantitative estimate of drug-likeness (QED) is 0.655. The fourth-order valence-corrected chi connectivity index (χ4v) is 2.58. The summed E-state index contributed by atoms with van der Waals surface area (Å²) in [5.41, 5.74) is 7.30. The monoisotopic (exact) mass is 274 g/mol. The Morgan fingerprint density at radius 1 is 1.40 bits per heavy atom. The molecule has 20 heavy (non-hydrogen) atoms. The van der Waals surface area contributed by atoms with E-state index < -0.39 is 0 Å². The van der Waals surface area contributed by atoms with Crippen molar-refractivity contribution in [3.05, 3.63) is 35.9 Å². The van der Waals surface area contributed by atoms with Gasteiger partial charge in [0.05, 0.1) is 12.6 Å². The smallest absolute Gasteiger partial charge is 0.246 e. The van der Waals surface area contributed by atoms with Crippen LogP contribution in [0.1, 0.15) is 31.2 Å². The van der Waals surface area contributed by atoms with Crippen molar-refractivity contribution in [3.63, 3.8) is 0 Å². The minimum atomic E-state index is -0.0458. The largest absolute Gasteiger partial charge is 0.399 e. The average Bonchev–Trinajstić information content (AvgIpc) is 2.70. The Morgan fingerprint density at radius 2 is 2.25 bits per heavy atom. The predicted molar refractivity (Wildman–Crippen MR) is 80.9 cm³/mol. The third-order valence-electron chi connectivity index (χ3n) is 3.70. The van der Waals surface area contributed by atoms with Gasteiger partial charge in [0.2, 0.25) is 5.91 Å². The van der Waals surface area contributed by atoms with E-state index in [4.69, 9.17) is 5.73 Å². The number of nitrogens with two attached hydrogens (primary N) is 1. The molecule has 4 heteroatoms. The van der Waals surface area contributed by atoms with E-state index in [1.807, 2.05) is 24.3 Å². The van der Waals surface area contributed by atoms with Crippen LogP contribution in [0.15, 0.2) is 30.3 Å². The Bertz CT molecular complexity index is 485. The van der Waals surface area contributed by atoms with Crippen LogP contribution in [0, 0.1) is 0 Å². The minimum absolute atomic E-state index is 0.0339. The van der Waals surface area contributed by atoms with Crippen LogP contribution in [-0.4, -0.2) is 35.1 Å². The number of nitrogen functional groups attached to an aromatic ring is 1. The normalized spacial score (nSPS) is 20.1. The van der Waals surface area contributed by atoms with Crippen LogP contribution in [0.4, 0.5) is 5.69 Å². The van der Waals surface area contributed by atoms with E-state index in [9.17, 15) is 9.90 Å². The summed E-state index contributed by atoms with van der Waals surface area (Å²) in [6.07, 6.45) is 7.44. The molecule has 108 valence electrons. The second kappa shape index (κ2) is 7.10. The summed E-state index contributed by atoms with van der Waals surface area (Å²) in [7, 11) is 0. The number of hydrogen-bond acceptors (Lipinski definition) is 3. The van der Waals surface area contributed by atoms with Gasteiger partial charge in [-0.2, -0.15) is 0 Å². The van der Waals surface area contributed by atoms with E-state index in [-0.39, 0.29) is 18.6 Å². The van der Waals surface area contributed by atoms with Crippen molar-refractivity contribution in [1.82, 2.24) is 4.90 Å². The van der Waals surface area contributed by atoms with Crippen molar-refractivity contribution in [2.24, 2.45) is 0 Å².